The molecule has 9 amide bonds. The number of aliphatic hydroxyl groups is 6. The number of rotatable bonds is 18. The fraction of sp³-hybridized carbons (Fsp3) is 0.367. The number of ether oxygens (including phenoxy) is 6. The number of fused-ring (bicyclic) bond motifs is 15. The summed E-state index contributed by atoms with van der Waals surface area (Å²) in [6.45, 7) is 5.65. The fourth-order valence-corrected chi connectivity index (χ4v) is 15.1. The number of nitrogens with one attached hydrogen (secondary N) is 10. The molecule has 37 nitrogen and oxygen atoms in total. The Morgan fingerprint density at radius 1 is 0.708 bits per heavy atom. The van der Waals surface area contributed by atoms with Crippen molar-refractivity contribution < 1.29 is 127 Å². The number of nitrogens with two attached hydrogens (primary N) is 1. The predicted octanol–water partition coefficient (Wildman–Crippen LogP) is 2.80. The highest BCUT2D eigenvalue weighted by Gasteiger charge is 2.52. The van der Waals surface area contributed by atoms with Crippen molar-refractivity contribution in [1.29, 1.82) is 0 Å². The Balaban J connectivity index is 1.02. The molecule has 0 saturated carbocycles. The fourth-order valence-electron chi connectivity index (χ4n) is 14.5. The van der Waals surface area contributed by atoms with Crippen LogP contribution in [0, 0.1) is 11.7 Å². The van der Waals surface area contributed by atoms with Crippen LogP contribution in [0.25, 0.3) is 11.1 Å². The topological polar surface area (TPSA) is 571 Å². The Morgan fingerprint density at radius 3 is 1.99 bits per heavy atom. The average Bonchev–Trinajstić information content (AvgIpc) is 0.763. The summed E-state index contributed by atoms with van der Waals surface area (Å²) < 4.78 is 53.3. The molecule has 7 aromatic rings. The number of nitrogens with zero attached hydrogens (tertiary/aromatic N) is 1. The number of likely N-dealkylation sites (N-methyl/N-ethyl adjacent to an activating group) is 1. The van der Waals surface area contributed by atoms with E-state index >= 15 is 19.2 Å². The molecular weight excluding hydrogens is 1640 g/mol. The monoisotopic (exact) mass is 1720 g/mol. The minimum atomic E-state index is -2.40. The van der Waals surface area contributed by atoms with E-state index in [-0.39, 0.29) is 64.0 Å². The van der Waals surface area contributed by atoms with Crippen molar-refractivity contribution in [3.05, 3.63) is 175 Å². The first-order chi connectivity index (χ1) is 56.9. The van der Waals surface area contributed by atoms with Crippen molar-refractivity contribution in [2.75, 3.05) is 19.0 Å². The number of hydrogen-bond acceptors (Lipinski definition) is 28. The van der Waals surface area contributed by atoms with E-state index in [0.717, 1.165) is 78.9 Å². The average molecular weight is 1730 g/mol. The quantitative estimate of drug-likeness (QED) is 0.0434. The highest BCUT2D eigenvalue weighted by Crippen LogP contribution is 2.50. The molecule has 2 saturated heterocycles. The van der Waals surface area contributed by atoms with Gasteiger partial charge in [-0.1, -0.05) is 66.8 Å². The molecule has 6 aromatic carbocycles. The number of carbonyl (C=O) groups excluding carboxylic acids is 9. The maximum absolute atomic E-state index is 16.2. The van der Waals surface area contributed by atoms with Gasteiger partial charge in [0.05, 0.1) is 58.2 Å². The van der Waals surface area contributed by atoms with E-state index < -0.39 is 254 Å². The van der Waals surface area contributed by atoms with E-state index in [4.69, 9.17) is 69.0 Å². The maximum Gasteiger partial charge on any atom is 0.270 e. The molecule has 41 heteroatoms. The summed E-state index contributed by atoms with van der Waals surface area (Å²) in [5, 5.41) is 138. The number of aromatic hydroxyl groups is 3. The second kappa shape index (κ2) is 36.8. The largest absolute Gasteiger partial charge is 0.508 e. The molecule has 2 fully saturated rings. The van der Waals surface area contributed by atoms with Gasteiger partial charge in [0.2, 0.25) is 53.4 Å². The lowest BCUT2D eigenvalue weighted by Crippen LogP contribution is -2.65. The second-order valence-corrected chi connectivity index (χ2v) is 31.0. The molecule has 0 spiro atoms. The number of benzene rings is 6. The molecule has 7 aliphatic rings. The zero-order valence-electron chi connectivity index (χ0n) is 64.0. The van der Waals surface area contributed by atoms with E-state index in [1.807, 2.05) is 13.8 Å². The number of aliphatic hydroxyl groups excluding tert-OH is 6. The molecule has 8 heterocycles. The molecular formula is C79H84Cl3FN12O25. The summed E-state index contributed by atoms with van der Waals surface area (Å²) in [5.74, 6) is -17.4. The van der Waals surface area contributed by atoms with Crippen molar-refractivity contribution >= 4 is 93.7 Å². The third-order valence-corrected chi connectivity index (χ3v) is 21.7. The summed E-state index contributed by atoms with van der Waals surface area (Å²) in [6.07, 6.45) is -16.7. The van der Waals surface area contributed by atoms with Gasteiger partial charge < -0.3 is 128 Å². The third-order valence-electron chi connectivity index (χ3n) is 20.8. The van der Waals surface area contributed by atoms with Gasteiger partial charge in [-0.05, 0) is 145 Å². The molecule has 1 aromatic heterocycles. The summed E-state index contributed by atoms with van der Waals surface area (Å²) >= 11 is 20.2. The number of halogens is 4. The number of carbonyl (C=O) groups is 9. The van der Waals surface area contributed by atoms with Gasteiger partial charge >= 0.3 is 0 Å². The van der Waals surface area contributed by atoms with Crippen LogP contribution in [0.4, 0.5) is 10.1 Å². The van der Waals surface area contributed by atoms with Crippen molar-refractivity contribution in [1.82, 2.24) is 53.0 Å². The minimum absolute atomic E-state index is 0.0404. The number of hydroxylamine groups is 1. The zero-order valence-corrected chi connectivity index (χ0v) is 66.3. The first-order valence-electron chi connectivity index (χ1n) is 37.3. The van der Waals surface area contributed by atoms with Crippen LogP contribution in [0.3, 0.4) is 0 Å². The molecule has 0 aliphatic carbocycles. The van der Waals surface area contributed by atoms with E-state index in [9.17, 15) is 79.5 Å². The van der Waals surface area contributed by atoms with Gasteiger partial charge in [0.15, 0.2) is 23.9 Å². The van der Waals surface area contributed by atoms with Crippen LogP contribution >= 0.6 is 34.8 Å². The van der Waals surface area contributed by atoms with Crippen LogP contribution in [0.1, 0.15) is 121 Å². The summed E-state index contributed by atoms with van der Waals surface area (Å²) in [7, 11) is 1.46. The molecule has 7 aliphatic heterocycles. The van der Waals surface area contributed by atoms with E-state index in [1.54, 1.807) is 13.0 Å². The summed E-state index contributed by atoms with van der Waals surface area (Å²) in [4.78, 5) is 136. The van der Waals surface area contributed by atoms with Crippen molar-refractivity contribution in [2.24, 2.45) is 11.7 Å². The van der Waals surface area contributed by atoms with Crippen LogP contribution < -0.4 is 73.3 Å². The first kappa shape index (κ1) is 88.1. The smallest absolute Gasteiger partial charge is 0.270 e. The van der Waals surface area contributed by atoms with Crippen LogP contribution in [0.5, 0.6) is 46.0 Å². The number of phenols is 3. The lowest BCUT2D eigenvalue weighted by molar-refractivity contribution is -0.334. The Bertz CT molecular complexity index is 5160. The Labute approximate surface area is 696 Å². The van der Waals surface area contributed by atoms with E-state index in [1.165, 1.54) is 50.0 Å². The van der Waals surface area contributed by atoms with Crippen LogP contribution in [-0.2, 0) is 59.1 Å². The van der Waals surface area contributed by atoms with Gasteiger partial charge in [0.25, 0.3) is 11.8 Å². The Kier molecular flexibility index (Phi) is 27.0. The number of primary amides is 1. The molecule has 16 unspecified atom stereocenters. The summed E-state index contributed by atoms with van der Waals surface area (Å²) in [5.41, 5.74) is 3.55. The predicted molar refractivity (Wildman–Crippen MR) is 418 cm³/mol. The number of amides is 9. The number of anilines is 1. The molecule has 0 radical (unpaired) electrons. The highest BCUT2D eigenvalue weighted by molar-refractivity contribution is 6.32. The van der Waals surface area contributed by atoms with Gasteiger partial charge in [0.1, 0.15) is 101 Å². The lowest BCUT2D eigenvalue weighted by atomic mass is 9.84. The molecule has 638 valence electrons. The third kappa shape index (κ3) is 19.2. The Morgan fingerprint density at radius 2 is 1.36 bits per heavy atom. The molecule has 14 rings (SSSR count). The minimum Gasteiger partial charge on any atom is -0.508 e. The number of hydrogen-bond donors (Lipinski definition) is 21. The van der Waals surface area contributed by atoms with Gasteiger partial charge in [-0.2, -0.15) is 0 Å². The van der Waals surface area contributed by atoms with Gasteiger partial charge in [0, 0.05) is 47.5 Å². The second-order valence-electron chi connectivity index (χ2n) is 29.8. The van der Waals surface area contributed by atoms with Gasteiger partial charge in [-0.25, -0.2) is 9.87 Å². The first-order valence-corrected chi connectivity index (χ1v) is 38.4. The molecule has 120 heavy (non-hydrogen) atoms. The SMILES string of the molecule is CNC(CC(C)C)C(=O)NC1C(=O)NC(CC(N)=O)C(=O)NC2C(=O)NC3C(=O)NC(C(=O)N[C@@H](C(=O)NO)c4cc(O)cc(O)c4-c4cc3ccc4O)C(O)c3ccc(c(Cl)c3)Oc3cc2cc(c3OC2OC(CO)C(O)C(O)C2OC2C[C@@](C)(NCc3cncc(NC(=O)c4ccc(F)c(Cl)c4)c3)C(O)C(C)O2)Oc2ccc(cc2Cl)C1O. The molecule has 18 atom stereocenters. The van der Waals surface area contributed by atoms with Crippen molar-refractivity contribution in [3.8, 4) is 57.1 Å². The van der Waals surface area contributed by atoms with E-state index in [2.05, 4.69) is 52.8 Å². The van der Waals surface area contributed by atoms with Crippen LogP contribution in [0.2, 0.25) is 15.1 Å². The van der Waals surface area contributed by atoms with Gasteiger partial charge in [-0.3, -0.25) is 53.3 Å². The van der Waals surface area contributed by atoms with Crippen molar-refractivity contribution in [3.63, 3.8) is 0 Å². The van der Waals surface area contributed by atoms with Crippen LogP contribution in [-0.4, -0.2) is 202 Å². The lowest BCUT2D eigenvalue weighted by Gasteiger charge is -2.48. The molecule has 22 N–H and O–H groups in total. The highest BCUT2D eigenvalue weighted by atomic mass is 35.5. The number of pyridine rings is 1. The van der Waals surface area contributed by atoms with Gasteiger partial charge in [-0.15, -0.1) is 0 Å². The standard InChI is InChI=1S/C79H84Cl3FN12O25/c1-30(2)14-46(85-5)71(107)93-61-63(101)34-8-12-50(43(81)17-34)116-52-20-37-21-53(67(52)120-78-68(66(104)65(103)54(29-96)118-78)119-56-25-79(4,69(105)31(3)115-56)87-27-32-15-38(28-86-26-32)88-70(106)36-6-10-45(83)42(80)19-36)117-51-13-9-35(18-44(51)82)64(102)62-76(112)92-60(77(113)95-114)41-22-39(97)23-49(99)57(41)40-16-33(7-11-48(40)98)58(73(109)94-62)91-74(110)59(37)90-72(108)47(24-55(84)100)89-75(61)111/h6-13,15-23,26,28,30-31,46-47,54,56,58-66,68-69,78,85,87,96-99,101-105,114H,14,24-25,27,29H2,1-5H3,(H2,84,100)(H,88,106)(H,89,111)(H,90,108)(H,91,110)(H,92,112)(H,93,107)(H,94,109)(H,95,113)/t31?,46?,47?,54?,56?,58?,59?,60-,61?,62?,63?,64?,65?,66?,68?,69?,78?,79-/m1/s1. The number of aromatic nitrogens is 1. The normalized spacial score (nSPS) is 26.5. The summed E-state index contributed by atoms with van der Waals surface area (Å²) in [6, 6.07) is 4.03. The van der Waals surface area contributed by atoms with Crippen LogP contribution in [0.15, 0.2) is 116 Å². The van der Waals surface area contributed by atoms with Crippen molar-refractivity contribution in [2.45, 2.75) is 163 Å². The molecule has 11 bridgehead atoms. The van der Waals surface area contributed by atoms with E-state index in [0.29, 0.717) is 5.56 Å². The maximum atomic E-state index is 16.2. The Hall–Kier alpha value is -11.2. The number of phenolic OH excluding ortho intramolecular Hbond substituents is 3. The zero-order chi connectivity index (χ0) is 86.8.